The molecule has 2 heteroatoms. The van der Waals surface area contributed by atoms with E-state index in [-0.39, 0.29) is 0 Å². The van der Waals surface area contributed by atoms with E-state index in [4.69, 9.17) is 0 Å². The lowest BCUT2D eigenvalue weighted by Gasteiger charge is -2.42. The maximum Gasteiger partial charge on any atom is 0.0127 e. The van der Waals surface area contributed by atoms with E-state index in [0.29, 0.717) is 0 Å². The highest BCUT2D eigenvalue weighted by molar-refractivity contribution is 4.97. The first-order valence-corrected chi connectivity index (χ1v) is 9.00. The van der Waals surface area contributed by atoms with Gasteiger partial charge in [0.25, 0.3) is 0 Å². The molecule has 1 aliphatic heterocycles. The smallest absolute Gasteiger partial charge is 0.0127 e. The van der Waals surface area contributed by atoms with Gasteiger partial charge in [0.15, 0.2) is 0 Å². The van der Waals surface area contributed by atoms with Gasteiger partial charge in [-0.1, -0.05) is 18.6 Å². The van der Waals surface area contributed by atoms with Gasteiger partial charge in [-0.25, -0.2) is 0 Å². The molecule has 0 unspecified atom stereocenters. The lowest BCUT2D eigenvalue weighted by Crippen LogP contribution is -2.52. The van der Waals surface area contributed by atoms with Gasteiger partial charge in [-0.2, -0.15) is 0 Å². The Morgan fingerprint density at radius 2 is 1.80 bits per heavy atom. The minimum atomic E-state index is 0.939. The highest BCUT2D eigenvalue weighted by Crippen LogP contribution is 2.46. The second-order valence-electron chi connectivity index (χ2n) is 7.73. The van der Waals surface area contributed by atoms with Crippen LogP contribution in [-0.2, 0) is 0 Å². The molecule has 112 valence electrons. The third-order valence-electron chi connectivity index (χ3n) is 6.47. The van der Waals surface area contributed by atoms with Crippen molar-refractivity contribution in [2.75, 3.05) is 32.7 Å². The van der Waals surface area contributed by atoms with Gasteiger partial charge in [0.05, 0.1) is 0 Å². The van der Waals surface area contributed by atoms with Crippen molar-refractivity contribution >= 4 is 0 Å². The molecule has 0 aromatic rings. The Kier molecular flexibility index (Phi) is 3.87. The predicted molar refractivity (Wildman–Crippen MR) is 83.7 cm³/mol. The summed E-state index contributed by atoms with van der Waals surface area (Å²) in [6, 6.07) is 0.966. The standard InChI is InChI=1S/C18H30N2/c1-2-4-15(5-3-1)14-19-8-10-20(11-9-19)18-13-16-6-7-17(18)12-16/h1-2,15-18H,3-14H2/t15-,16+,17+,18-/m1/s1. The second-order valence-corrected chi connectivity index (χ2v) is 7.73. The molecule has 3 aliphatic carbocycles. The first kappa shape index (κ1) is 13.3. The Morgan fingerprint density at radius 3 is 2.45 bits per heavy atom. The summed E-state index contributed by atoms with van der Waals surface area (Å²) in [6.45, 7) is 6.70. The lowest BCUT2D eigenvalue weighted by molar-refractivity contribution is 0.0631. The number of fused-ring (bicyclic) bond motifs is 2. The normalized spacial score (nSPS) is 42.4. The summed E-state index contributed by atoms with van der Waals surface area (Å²) in [7, 11) is 0. The quantitative estimate of drug-likeness (QED) is 0.730. The van der Waals surface area contributed by atoms with Crippen LogP contribution in [-0.4, -0.2) is 48.6 Å². The van der Waals surface area contributed by atoms with E-state index in [9.17, 15) is 0 Å². The minimum absolute atomic E-state index is 0.939. The van der Waals surface area contributed by atoms with Crippen LogP contribution in [0.15, 0.2) is 12.2 Å². The summed E-state index contributed by atoms with van der Waals surface area (Å²) in [5.41, 5.74) is 0. The number of allylic oxidation sites excluding steroid dienone is 2. The van der Waals surface area contributed by atoms with Gasteiger partial charge in [0.2, 0.25) is 0 Å². The molecule has 1 heterocycles. The topological polar surface area (TPSA) is 6.48 Å². The number of hydrogen-bond donors (Lipinski definition) is 0. The molecular formula is C18H30N2. The van der Waals surface area contributed by atoms with Crippen LogP contribution in [0.1, 0.15) is 44.9 Å². The summed E-state index contributed by atoms with van der Waals surface area (Å²) in [6.07, 6.45) is 15.0. The maximum absolute atomic E-state index is 2.85. The molecule has 2 saturated carbocycles. The van der Waals surface area contributed by atoms with E-state index in [1.165, 1.54) is 71.2 Å². The zero-order valence-electron chi connectivity index (χ0n) is 12.8. The van der Waals surface area contributed by atoms with Crippen LogP contribution < -0.4 is 0 Å². The van der Waals surface area contributed by atoms with Crippen molar-refractivity contribution in [2.24, 2.45) is 17.8 Å². The molecule has 0 radical (unpaired) electrons. The molecule has 4 rings (SSSR count). The van der Waals surface area contributed by atoms with Gasteiger partial charge in [0.1, 0.15) is 0 Å². The summed E-state index contributed by atoms with van der Waals surface area (Å²) in [5, 5.41) is 0. The molecule has 4 atom stereocenters. The molecule has 2 bridgehead atoms. The lowest BCUT2D eigenvalue weighted by atomic mass is 9.92. The van der Waals surface area contributed by atoms with Gasteiger partial charge in [-0.15, -0.1) is 0 Å². The van der Waals surface area contributed by atoms with Crippen molar-refractivity contribution in [3.05, 3.63) is 12.2 Å². The third kappa shape index (κ3) is 2.69. The highest BCUT2D eigenvalue weighted by Gasteiger charge is 2.42. The van der Waals surface area contributed by atoms with Crippen molar-refractivity contribution in [3.8, 4) is 0 Å². The van der Waals surface area contributed by atoms with Crippen molar-refractivity contribution in [1.29, 1.82) is 0 Å². The Hall–Kier alpha value is -0.340. The van der Waals surface area contributed by atoms with Gasteiger partial charge >= 0.3 is 0 Å². The molecule has 0 spiro atoms. The van der Waals surface area contributed by atoms with Crippen LogP contribution in [0.3, 0.4) is 0 Å². The molecule has 1 saturated heterocycles. The number of nitrogens with zero attached hydrogens (tertiary/aromatic N) is 2. The largest absolute Gasteiger partial charge is 0.301 e. The zero-order chi connectivity index (χ0) is 13.4. The first-order valence-electron chi connectivity index (χ1n) is 9.00. The Labute approximate surface area is 124 Å². The predicted octanol–water partition coefficient (Wildman–Crippen LogP) is 3.15. The summed E-state index contributed by atoms with van der Waals surface area (Å²) in [4.78, 5) is 5.59. The summed E-state index contributed by atoms with van der Waals surface area (Å²) in [5.74, 6) is 3.10. The fourth-order valence-corrected chi connectivity index (χ4v) is 5.32. The molecule has 0 aromatic carbocycles. The average Bonchev–Trinajstić information content (AvgIpc) is 3.12. The van der Waals surface area contributed by atoms with Crippen molar-refractivity contribution in [2.45, 2.75) is 51.0 Å². The molecule has 4 aliphatic rings. The van der Waals surface area contributed by atoms with E-state index in [1.54, 1.807) is 6.42 Å². The van der Waals surface area contributed by atoms with Crippen LogP contribution in [0.25, 0.3) is 0 Å². The zero-order valence-corrected chi connectivity index (χ0v) is 12.8. The maximum atomic E-state index is 2.85. The summed E-state index contributed by atoms with van der Waals surface area (Å²) < 4.78 is 0. The summed E-state index contributed by atoms with van der Waals surface area (Å²) >= 11 is 0. The first-order chi connectivity index (χ1) is 9.88. The van der Waals surface area contributed by atoms with Crippen LogP contribution in [0, 0.1) is 17.8 Å². The molecule has 3 fully saturated rings. The van der Waals surface area contributed by atoms with E-state index in [2.05, 4.69) is 22.0 Å². The van der Waals surface area contributed by atoms with Crippen LogP contribution in [0.2, 0.25) is 0 Å². The van der Waals surface area contributed by atoms with E-state index in [0.717, 1.165) is 23.8 Å². The molecular weight excluding hydrogens is 244 g/mol. The highest BCUT2D eigenvalue weighted by atomic mass is 15.3. The van der Waals surface area contributed by atoms with Crippen LogP contribution in [0.5, 0.6) is 0 Å². The SMILES string of the molecule is C1=CC[C@@H](CN2CCN([C@@H]3C[C@H]4CC[C@H]3C4)CC2)CC1. The Morgan fingerprint density at radius 1 is 0.900 bits per heavy atom. The van der Waals surface area contributed by atoms with Crippen molar-refractivity contribution in [3.63, 3.8) is 0 Å². The van der Waals surface area contributed by atoms with E-state index < -0.39 is 0 Å². The number of piperazine rings is 1. The Balaban J connectivity index is 1.25. The molecule has 0 amide bonds. The van der Waals surface area contributed by atoms with Crippen molar-refractivity contribution < 1.29 is 0 Å². The van der Waals surface area contributed by atoms with E-state index >= 15 is 0 Å². The van der Waals surface area contributed by atoms with Crippen molar-refractivity contribution in [1.82, 2.24) is 9.80 Å². The second kappa shape index (κ2) is 5.81. The molecule has 2 nitrogen and oxygen atoms in total. The average molecular weight is 274 g/mol. The van der Waals surface area contributed by atoms with Crippen LogP contribution >= 0.6 is 0 Å². The van der Waals surface area contributed by atoms with Gasteiger partial charge in [-0.05, 0) is 56.3 Å². The van der Waals surface area contributed by atoms with Gasteiger partial charge in [0, 0.05) is 38.8 Å². The van der Waals surface area contributed by atoms with Gasteiger partial charge < -0.3 is 4.90 Å². The third-order valence-corrected chi connectivity index (χ3v) is 6.47. The van der Waals surface area contributed by atoms with Gasteiger partial charge in [-0.3, -0.25) is 4.90 Å². The monoisotopic (exact) mass is 274 g/mol. The fourth-order valence-electron chi connectivity index (χ4n) is 5.32. The fraction of sp³-hybridized carbons (Fsp3) is 0.889. The van der Waals surface area contributed by atoms with E-state index in [1.807, 2.05) is 0 Å². The Bertz CT molecular complexity index is 356. The number of hydrogen-bond acceptors (Lipinski definition) is 2. The minimum Gasteiger partial charge on any atom is -0.301 e. The molecule has 0 aromatic heterocycles. The molecule has 0 N–H and O–H groups in total. The van der Waals surface area contributed by atoms with Crippen LogP contribution in [0.4, 0.5) is 0 Å². The number of rotatable bonds is 3. The molecule has 20 heavy (non-hydrogen) atoms.